The van der Waals surface area contributed by atoms with E-state index in [0.717, 1.165) is 5.56 Å². The molecule has 0 unspecified atom stereocenters. The van der Waals surface area contributed by atoms with Gasteiger partial charge >= 0.3 is 0 Å². The number of nitrogens with one attached hydrogen (secondary N) is 1. The number of aliphatic hydroxyl groups excluding tert-OH is 1. The van der Waals surface area contributed by atoms with Crippen molar-refractivity contribution in [3.63, 3.8) is 0 Å². The lowest BCUT2D eigenvalue weighted by molar-refractivity contribution is 0.0990. The van der Waals surface area contributed by atoms with Crippen LogP contribution in [-0.4, -0.2) is 31.5 Å². The molecule has 2 heterocycles. The molecule has 2 aromatic rings. The summed E-state index contributed by atoms with van der Waals surface area (Å²) in [4.78, 5) is 11.7. The first-order valence-corrected chi connectivity index (χ1v) is 5.67. The van der Waals surface area contributed by atoms with E-state index in [4.69, 9.17) is 18.7 Å². The number of furan rings is 1. The van der Waals surface area contributed by atoms with Gasteiger partial charge in [0.25, 0.3) is 0 Å². The van der Waals surface area contributed by atoms with E-state index in [1.165, 1.54) is 12.3 Å². The molecule has 0 atom stereocenters. The highest BCUT2D eigenvalue weighted by atomic mass is 16.5. The van der Waals surface area contributed by atoms with Gasteiger partial charge in [0.05, 0.1) is 26.1 Å². The molecule has 6 heteroatoms. The van der Waals surface area contributed by atoms with Crippen LogP contribution in [0.3, 0.4) is 0 Å². The third-order valence-corrected chi connectivity index (χ3v) is 2.40. The fourth-order valence-electron chi connectivity index (χ4n) is 1.55. The summed E-state index contributed by atoms with van der Waals surface area (Å²) in [5.41, 5.74) is 1.25. The summed E-state index contributed by atoms with van der Waals surface area (Å²) < 4.78 is 15.7. The quantitative estimate of drug-likeness (QED) is 0.750. The fourth-order valence-corrected chi connectivity index (χ4v) is 1.55. The lowest BCUT2D eigenvalue weighted by Gasteiger charge is -2.05. The van der Waals surface area contributed by atoms with Crippen LogP contribution in [-0.2, 0) is 4.74 Å². The molecule has 98 valence electrons. The van der Waals surface area contributed by atoms with Gasteiger partial charge in [-0.05, 0) is 6.92 Å². The average molecular weight is 253 g/mol. The van der Waals surface area contributed by atoms with E-state index >= 15 is 0 Å². The van der Waals surface area contributed by atoms with Crippen molar-refractivity contribution in [2.45, 2.75) is 6.92 Å². The normalized spacial score (nSPS) is 11.0. The van der Waals surface area contributed by atoms with Crippen LogP contribution in [0.1, 0.15) is 5.56 Å². The van der Waals surface area contributed by atoms with E-state index in [9.17, 15) is 4.79 Å². The zero-order valence-electron chi connectivity index (χ0n) is 10.1. The molecule has 0 aliphatic rings. The number of aliphatic hydroxyl groups is 1. The number of anilines is 1. The molecule has 0 aliphatic carbocycles. The Balaban J connectivity index is 2.05. The Morgan fingerprint density at radius 2 is 2.22 bits per heavy atom. The van der Waals surface area contributed by atoms with Crippen LogP contribution in [0.2, 0.25) is 0 Å². The van der Waals surface area contributed by atoms with Crippen LogP contribution in [0, 0.1) is 6.92 Å². The average Bonchev–Trinajstić information content (AvgIpc) is 2.72. The summed E-state index contributed by atoms with van der Waals surface area (Å²) >= 11 is 0. The Morgan fingerprint density at radius 3 is 3.00 bits per heavy atom. The molecule has 0 saturated carbocycles. The van der Waals surface area contributed by atoms with Gasteiger partial charge in [-0.25, -0.2) is 0 Å². The molecule has 0 bridgehead atoms. The minimum absolute atomic E-state index is 0.00471. The molecular formula is C12H15NO5. The first-order valence-electron chi connectivity index (χ1n) is 5.67. The zero-order valence-corrected chi connectivity index (χ0v) is 10.1. The van der Waals surface area contributed by atoms with E-state index in [0.29, 0.717) is 31.2 Å². The van der Waals surface area contributed by atoms with Crippen molar-refractivity contribution in [1.29, 1.82) is 0 Å². The molecule has 2 aromatic heterocycles. The summed E-state index contributed by atoms with van der Waals surface area (Å²) in [7, 11) is 0. The third-order valence-electron chi connectivity index (χ3n) is 2.40. The van der Waals surface area contributed by atoms with E-state index in [2.05, 4.69) is 5.32 Å². The van der Waals surface area contributed by atoms with Crippen LogP contribution >= 0.6 is 0 Å². The maximum atomic E-state index is 11.7. The maximum Gasteiger partial charge on any atom is 0.230 e. The second-order valence-corrected chi connectivity index (χ2v) is 3.81. The number of hydrogen-bond acceptors (Lipinski definition) is 6. The van der Waals surface area contributed by atoms with Crippen LogP contribution < -0.4 is 10.7 Å². The molecule has 0 saturated heterocycles. The van der Waals surface area contributed by atoms with Crippen molar-refractivity contribution in [3.8, 4) is 0 Å². The lowest BCUT2D eigenvalue weighted by Crippen LogP contribution is -2.12. The number of ether oxygens (including phenoxy) is 1. The molecule has 18 heavy (non-hydrogen) atoms. The van der Waals surface area contributed by atoms with Gasteiger partial charge in [0, 0.05) is 18.2 Å². The van der Waals surface area contributed by atoms with Gasteiger partial charge in [0.2, 0.25) is 11.0 Å². The summed E-state index contributed by atoms with van der Waals surface area (Å²) in [6, 6.07) is 1.34. The van der Waals surface area contributed by atoms with Gasteiger partial charge in [0.1, 0.15) is 0 Å². The van der Waals surface area contributed by atoms with E-state index in [-0.39, 0.29) is 17.6 Å². The van der Waals surface area contributed by atoms with Gasteiger partial charge in [-0.2, -0.15) is 0 Å². The summed E-state index contributed by atoms with van der Waals surface area (Å²) in [5.74, 6) is 0.379. The minimum Gasteiger partial charge on any atom is -0.456 e. The van der Waals surface area contributed by atoms with Gasteiger partial charge in [-0.15, -0.1) is 0 Å². The predicted octanol–water partition coefficient (Wildman–Crippen LogP) is 1.12. The SMILES string of the molecule is Cc1coc2c(=O)cc(NCCOCCO)oc12. The number of hydrogen-bond donors (Lipinski definition) is 2. The largest absolute Gasteiger partial charge is 0.456 e. The summed E-state index contributed by atoms with van der Waals surface area (Å²) in [6.07, 6.45) is 1.49. The van der Waals surface area contributed by atoms with Gasteiger partial charge in [-0.3, -0.25) is 4.79 Å². The number of aryl methyl sites for hydroxylation is 1. The Labute approximate surface area is 103 Å². The van der Waals surface area contributed by atoms with Crippen molar-refractivity contribution >= 4 is 17.1 Å². The Hall–Kier alpha value is -1.79. The third kappa shape index (κ3) is 2.72. The van der Waals surface area contributed by atoms with E-state index in [1.807, 2.05) is 6.92 Å². The maximum absolute atomic E-state index is 11.7. The summed E-state index contributed by atoms with van der Waals surface area (Å²) in [6.45, 7) is 3.02. The lowest BCUT2D eigenvalue weighted by atomic mass is 10.3. The molecule has 0 aromatic carbocycles. The molecular weight excluding hydrogens is 238 g/mol. The highest BCUT2D eigenvalue weighted by Gasteiger charge is 2.10. The van der Waals surface area contributed by atoms with Crippen molar-refractivity contribution in [2.24, 2.45) is 0 Å². The molecule has 0 fully saturated rings. The number of fused-ring (bicyclic) bond motifs is 1. The standard InChI is InChI=1S/C12H15NO5/c1-8-7-17-12-9(15)6-10(18-11(8)12)13-2-4-16-5-3-14/h6-7,13-14H,2-5H2,1H3. The molecule has 2 N–H and O–H groups in total. The number of rotatable bonds is 6. The minimum atomic E-state index is -0.219. The highest BCUT2D eigenvalue weighted by molar-refractivity contribution is 5.74. The van der Waals surface area contributed by atoms with Gasteiger partial charge in [0.15, 0.2) is 11.5 Å². The van der Waals surface area contributed by atoms with Crippen LogP contribution in [0.25, 0.3) is 11.2 Å². The summed E-state index contributed by atoms with van der Waals surface area (Å²) in [5, 5.41) is 11.5. The first-order chi connectivity index (χ1) is 8.72. The molecule has 2 rings (SSSR count). The topological polar surface area (TPSA) is 84.8 Å². The Morgan fingerprint density at radius 1 is 1.39 bits per heavy atom. The van der Waals surface area contributed by atoms with Crippen LogP contribution in [0.5, 0.6) is 0 Å². The van der Waals surface area contributed by atoms with Crippen LogP contribution in [0.4, 0.5) is 5.88 Å². The second-order valence-electron chi connectivity index (χ2n) is 3.81. The molecule has 6 nitrogen and oxygen atoms in total. The van der Waals surface area contributed by atoms with Crippen molar-refractivity contribution < 1.29 is 18.7 Å². The van der Waals surface area contributed by atoms with Crippen molar-refractivity contribution in [3.05, 3.63) is 28.1 Å². The zero-order chi connectivity index (χ0) is 13.0. The molecule has 0 radical (unpaired) electrons. The molecule has 0 aliphatic heterocycles. The smallest absolute Gasteiger partial charge is 0.230 e. The molecule has 0 spiro atoms. The molecule has 0 amide bonds. The Kier molecular flexibility index (Phi) is 4.01. The fraction of sp³-hybridized carbons (Fsp3) is 0.417. The van der Waals surface area contributed by atoms with E-state index in [1.54, 1.807) is 0 Å². The predicted molar refractivity (Wildman–Crippen MR) is 65.9 cm³/mol. The van der Waals surface area contributed by atoms with E-state index < -0.39 is 0 Å². The first kappa shape index (κ1) is 12.7. The van der Waals surface area contributed by atoms with Crippen molar-refractivity contribution in [2.75, 3.05) is 31.7 Å². The second kappa shape index (κ2) is 5.70. The highest BCUT2D eigenvalue weighted by Crippen LogP contribution is 2.20. The van der Waals surface area contributed by atoms with Crippen molar-refractivity contribution in [1.82, 2.24) is 0 Å². The Bertz CT molecular complexity index is 571. The van der Waals surface area contributed by atoms with Gasteiger partial charge in [-0.1, -0.05) is 0 Å². The monoisotopic (exact) mass is 253 g/mol. The van der Waals surface area contributed by atoms with Crippen LogP contribution in [0.15, 0.2) is 26.0 Å². The van der Waals surface area contributed by atoms with Gasteiger partial charge < -0.3 is 24.0 Å².